The summed E-state index contributed by atoms with van der Waals surface area (Å²) in [5, 5.41) is 0. The minimum Gasteiger partial charge on any atom is -0.325 e. The minimum atomic E-state index is -4.02. The van der Waals surface area contributed by atoms with Crippen LogP contribution in [0.4, 0.5) is 0 Å². The molecule has 2 aromatic rings. The highest BCUT2D eigenvalue weighted by atomic mass is 32.2. The summed E-state index contributed by atoms with van der Waals surface area (Å²) in [5.41, 5.74) is 3.82. The van der Waals surface area contributed by atoms with Crippen LogP contribution in [0.2, 0.25) is 0 Å². The quantitative estimate of drug-likeness (QED) is 0.609. The predicted octanol–water partition coefficient (Wildman–Crippen LogP) is 4.65. The molecule has 144 valence electrons. The summed E-state index contributed by atoms with van der Waals surface area (Å²) in [4.78, 5) is -0.0666. The topological polar surface area (TPSA) is 54.4 Å². The molecule has 0 radical (unpaired) electrons. The Morgan fingerprint density at radius 3 is 1.85 bits per heavy atom. The second-order valence-electron chi connectivity index (χ2n) is 7.59. The highest BCUT2D eigenvalue weighted by Gasteiger charge is 2.12. The van der Waals surface area contributed by atoms with E-state index in [1.165, 1.54) is 29.8 Å². The van der Waals surface area contributed by atoms with Gasteiger partial charge in [0.2, 0.25) is 0 Å². The first-order valence-electron chi connectivity index (χ1n) is 8.89. The van der Waals surface area contributed by atoms with Gasteiger partial charge in [0.25, 0.3) is 10.1 Å². The number of hydrogen-bond acceptors (Lipinski definition) is 2. The molecule has 26 heavy (non-hydrogen) atoms. The van der Waals surface area contributed by atoms with Crippen molar-refractivity contribution < 1.29 is 17.5 Å². The Balaban J connectivity index is 0.000000273. The Morgan fingerprint density at radius 2 is 1.46 bits per heavy atom. The highest BCUT2D eigenvalue weighted by molar-refractivity contribution is 7.85. The summed E-state index contributed by atoms with van der Waals surface area (Å²) in [6, 6.07) is 15.0. The van der Waals surface area contributed by atoms with Gasteiger partial charge in [-0.3, -0.25) is 4.55 Å². The molecule has 0 aromatic heterocycles. The van der Waals surface area contributed by atoms with Gasteiger partial charge in [0, 0.05) is 5.56 Å². The minimum absolute atomic E-state index is 0.0666. The Hall–Kier alpha value is -1.69. The van der Waals surface area contributed by atoms with E-state index in [1.54, 1.807) is 12.1 Å². The zero-order valence-electron chi connectivity index (χ0n) is 16.7. The number of hydrogen-bond donors (Lipinski definition) is 1. The van der Waals surface area contributed by atoms with Gasteiger partial charge in [-0.2, -0.15) is 8.42 Å². The summed E-state index contributed by atoms with van der Waals surface area (Å²) in [6.07, 6.45) is 0. The van der Waals surface area contributed by atoms with E-state index < -0.39 is 10.1 Å². The van der Waals surface area contributed by atoms with Gasteiger partial charge in [0.15, 0.2) is 0 Å². The smallest absolute Gasteiger partial charge is 0.294 e. The van der Waals surface area contributed by atoms with Crippen molar-refractivity contribution in [2.75, 3.05) is 20.6 Å². The highest BCUT2D eigenvalue weighted by Crippen LogP contribution is 2.16. The van der Waals surface area contributed by atoms with E-state index in [0.717, 1.165) is 16.6 Å². The van der Waals surface area contributed by atoms with Crippen molar-refractivity contribution in [3.63, 3.8) is 0 Å². The molecule has 2 rings (SSSR count). The average Bonchev–Trinajstić information content (AvgIpc) is 2.55. The third kappa shape index (κ3) is 7.68. The zero-order chi connectivity index (χ0) is 20.0. The van der Waals surface area contributed by atoms with Gasteiger partial charge in [0.1, 0.15) is 6.54 Å². The van der Waals surface area contributed by atoms with Gasteiger partial charge < -0.3 is 4.48 Å². The maximum Gasteiger partial charge on any atom is 0.294 e. The summed E-state index contributed by atoms with van der Waals surface area (Å²) in [7, 11) is 0.529. The van der Waals surface area contributed by atoms with Crippen molar-refractivity contribution in [3.8, 4) is 0 Å². The molecule has 0 atom stereocenters. The Labute approximate surface area is 158 Å². The first-order valence-corrected chi connectivity index (χ1v) is 10.3. The molecule has 0 saturated heterocycles. The molecule has 0 amide bonds. The van der Waals surface area contributed by atoms with Crippen LogP contribution in [-0.4, -0.2) is 38.1 Å². The SMILES string of the molecule is CC[N+](C)(C)Cc1ccc(C(C)C)cc1.Cc1ccc(S(=O)(=O)O)cc1. The van der Waals surface area contributed by atoms with Crippen molar-refractivity contribution in [1.29, 1.82) is 0 Å². The normalized spacial score (nSPS) is 11.8. The van der Waals surface area contributed by atoms with Crippen molar-refractivity contribution in [3.05, 3.63) is 65.2 Å². The van der Waals surface area contributed by atoms with Crippen LogP contribution in [-0.2, 0) is 16.7 Å². The first kappa shape index (κ1) is 22.4. The molecule has 0 bridgehead atoms. The van der Waals surface area contributed by atoms with E-state index in [2.05, 4.69) is 59.1 Å². The van der Waals surface area contributed by atoms with Crippen LogP contribution in [0.25, 0.3) is 0 Å². The Kier molecular flexibility index (Phi) is 8.00. The molecule has 2 aromatic carbocycles. The van der Waals surface area contributed by atoms with Crippen LogP contribution in [0.3, 0.4) is 0 Å². The van der Waals surface area contributed by atoms with Gasteiger partial charge in [-0.25, -0.2) is 0 Å². The zero-order valence-corrected chi connectivity index (χ0v) is 17.5. The van der Waals surface area contributed by atoms with Crippen LogP contribution in [0, 0.1) is 6.92 Å². The second kappa shape index (κ2) is 9.31. The molecular formula is C21H32NO3S+. The molecule has 0 aliphatic heterocycles. The molecular weight excluding hydrogens is 346 g/mol. The van der Waals surface area contributed by atoms with E-state index in [9.17, 15) is 8.42 Å². The van der Waals surface area contributed by atoms with Crippen LogP contribution in [0.5, 0.6) is 0 Å². The lowest BCUT2D eigenvalue weighted by molar-refractivity contribution is -0.901. The van der Waals surface area contributed by atoms with E-state index in [0.29, 0.717) is 5.92 Å². The molecule has 0 fully saturated rings. The fraction of sp³-hybridized carbons (Fsp3) is 0.429. The molecule has 0 unspecified atom stereocenters. The number of quaternary nitrogens is 1. The van der Waals surface area contributed by atoms with Gasteiger partial charge in [-0.15, -0.1) is 0 Å². The molecule has 0 aliphatic carbocycles. The Bertz CT molecular complexity index is 777. The standard InChI is InChI=1S/C14H24N.C7H8O3S/c1-6-15(4,5)11-13-7-9-14(10-8-13)12(2)3;1-6-2-4-7(5-3-6)11(8,9)10/h7-10,12H,6,11H2,1-5H3;2-5H,1H3,(H,8,9,10)/q+1;. The van der Waals surface area contributed by atoms with Crippen molar-refractivity contribution in [2.45, 2.75) is 45.1 Å². The van der Waals surface area contributed by atoms with Gasteiger partial charge in [-0.05, 0) is 37.5 Å². The van der Waals surface area contributed by atoms with E-state index in [-0.39, 0.29) is 4.90 Å². The van der Waals surface area contributed by atoms with E-state index >= 15 is 0 Å². The fourth-order valence-electron chi connectivity index (χ4n) is 2.32. The van der Waals surface area contributed by atoms with Crippen molar-refractivity contribution in [2.24, 2.45) is 0 Å². The molecule has 0 saturated carbocycles. The lowest BCUT2D eigenvalue weighted by Crippen LogP contribution is -2.38. The molecule has 1 N–H and O–H groups in total. The number of benzene rings is 2. The second-order valence-corrected chi connectivity index (χ2v) is 9.02. The van der Waals surface area contributed by atoms with E-state index in [4.69, 9.17) is 4.55 Å². The summed E-state index contributed by atoms with van der Waals surface area (Å²) in [5.74, 6) is 0.632. The summed E-state index contributed by atoms with van der Waals surface area (Å²) >= 11 is 0. The van der Waals surface area contributed by atoms with Gasteiger partial charge in [0.05, 0.1) is 25.5 Å². The van der Waals surface area contributed by atoms with Gasteiger partial charge >= 0.3 is 0 Å². The van der Waals surface area contributed by atoms with Crippen LogP contribution in [0.15, 0.2) is 53.4 Å². The fourth-order valence-corrected chi connectivity index (χ4v) is 2.80. The maximum atomic E-state index is 10.5. The number of rotatable bonds is 5. The molecule has 0 spiro atoms. The van der Waals surface area contributed by atoms with Crippen LogP contribution < -0.4 is 0 Å². The summed E-state index contributed by atoms with van der Waals surface area (Å²) < 4.78 is 30.6. The molecule has 5 heteroatoms. The number of aryl methyl sites for hydroxylation is 1. The first-order chi connectivity index (χ1) is 11.9. The summed E-state index contributed by atoms with van der Waals surface area (Å²) in [6.45, 7) is 10.8. The lowest BCUT2D eigenvalue weighted by atomic mass is 10.0. The van der Waals surface area contributed by atoms with Crippen molar-refractivity contribution >= 4 is 10.1 Å². The predicted molar refractivity (Wildman–Crippen MR) is 108 cm³/mol. The number of nitrogens with zero attached hydrogens (tertiary/aromatic N) is 1. The lowest BCUT2D eigenvalue weighted by Gasteiger charge is -2.28. The average molecular weight is 379 g/mol. The maximum absolute atomic E-state index is 10.5. The molecule has 0 aliphatic rings. The third-order valence-corrected chi connectivity index (χ3v) is 5.30. The Morgan fingerprint density at radius 1 is 0.962 bits per heavy atom. The molecule has 4 nitrogen and oxygen atoms in total. The van der Waals surface area contributed by atoms with Gasteiger partial charge in [-0.1, -0.05) is 55.8 Å². The van der Waals surface area contributed by atoms with E-state index in [1.807, 2.05) is 6.92 Å². The van der Waals surface area contributed by atoms with Crippen molar-refractivity contribution in [1.82, 2.24) is 0 Å². The van der Waals surface area contributed by atoms with Crippen LogP contribution >= 0.6 is 0 Å². The molecule has 0 heterocycles. The third-order valence-electron chi connectivity index (χ3n) is 4.43. The monoisotopic (exact) mass is 378 g/mol. The van der Waals surface area contributed by atoms with Crippen LogP contribution in [0.1, 0.15) is 43.4 Å². The largest absolute Gasteiger partial charge is 0.325 e.